The molecule has 2 aliphatic rings. The van der Waals surface area contributed by atoms with E-state index in [-0.39, 0.29) is 11.9 Å². The minimum Gasteiger partial charge on any atom is -0.368 e. The van der Waals surface area contributed by atoms with E-state index in [2.05, 4.69) is 31.2 Å². The number of amides is 1. The molecule has 2 saturated heterocycles. The molecule has 0 radical (unpaired) electrons. The van der Waals surface area contributed by atoms with Crippen LogP contribution >= 0.6 is 0 Å². The second-order valence-corrected chi connectivity index (χ2v) is 8.97. The van der Waals surface area contributed by atoms with E-state index in [1.807, 2.05) is 24.1 Å². The van der Waals surface area contributed by atoms with Crippen molar-refractivity contribution in [2.75, 3.05) is 56.0 Å². The Morgan fingerprint density at radius 3 is 2.32 bits per heavy atom. The molecule has 0 atom stereocenters. The van der Waals surface area contributed by atoms with Crippen LogP contribution in [-0.2, 0) is 11.0 Å². The zero-order valence-electron chi connectivity index (χ0n) is 19.4. The molecule has 0 aliphatic carbocycles. The van der Waals surface area contributed by atoms with Gasteiger partial charge in [-0.2, -0.15) is 13.2 Å². The molecule has 184 valence electrons. The first-order valence-electron chi connectivity index (χ1n) is 11.8. The smallest absolute Gasteiger partial charge is 0.368 e. The van der Waals surface area contributed by atoms with Crippen molar-refractivity contribution in [1.29, 1.82) is 0 Å². The van der Waals surface area contributed by atoms with Crippen molar-refractivity contribution in [3.8, 4) is 0 Å². The third-order valence-corrected chi connectivity index (χ3v) is 6.57. The minimum atomic E-state index is -4.39. The van der Waals surface area contributed by atoms with E-state index >= 15 is 0 Å². The maximum Gasteiger partial charge on any atom is 0.417 e. The molecule has 0 spiro atoms. The van der Waals surface area contributed by atoms with Crippen LogP contribution in [0.1, 0.15) is 30.5 Å². The highest BCUT2D eigenvalue weighted by Crippen LogP contribution is 2.29. The summed E-state index contributed by atoms with van der Waals surface area (Å²) < 4.78 is 38.0. The van der Waals surface area contributed by atoms with Gasteiger partial charge in [-0.05, 0) is 44.0 Å². The normalized spacial score (nSPS) is 18.2. The van der Waals surface area contributed by atoms with Crippen molar-refractivity contribution in [2.24, 2.45) is 0 Å². The van der Waals surface area contributed by atoms with Crippen LogP contribution in [0.15, 0.2) is 36.7 Å². The van der Waals surface area contributed by atoms with E-state index in [1.54, 1.807) is 0 Å². The van der Waals surface area contributed by atoms with E-state index in [4.69, 9.17) is 0 Å². The third kappa shape index (κ3) is 6.37. The zero-order chi connectivity index (χ0) is 24.1. The molecule has 1 N–H and O–H groups in total. The zero-order valence-corrected chi connectivity index (χ0v) is 19.4. The van der Waals surface area contributed by atoms with Crippen molar-refractivity contribution in [3.63, 3.8) is 0 Å². The first-order valence-corrected chi connectivity index (χ1v) is 11.8. The SMILES string of the molecule is Cc1ccc(N2CCN(CCC(=O)N3CCC(Nc4ccc(C(F)(F)F)cn4)CC3)CC2)cn1. The Balaban J connectivity index is 1.15. The van der Waals surface area contributed by atoms with Gasteiger partial charge in [0.1, 0.15) is 5.82 Å². The number of nitrogens with one attached hydrogen (secondary N) is 1. The fourth-order valence-electron chi connectivity index (χ4n) is 4.42. The Morgan fingerprint density at radius 1 is 1.00 bits per heavy atom. The number of carbonyl (C=O) groups is 1. The highest BCUT2D eigenvalue weighted by atomic mass is 19.4. The van der Waals surface area contributed by atoms with Crippen LogP contribution < -0.4 is 10.2 Å². The van der Waals surface area contributed by atoms with Crippen LogP contribution in [0.3, 0.4) is 0 Å². The van der Waals surface area contributed by atoms with Crippen molar-refractivity contribution in [1.82, 2.24) is 19.8 Å². The number of alkyl halides is 3. The predicted molar refractivity (Wildman–Crippen MR) is 125 cm³/mol. The summed E-state index contributed by atoms with van der Waals surface area (Å²) in [6.07, 6.45) is 0.378. The number of anilines is 2. The van der Waals surface area contributed by atoms with Gasteiger partial charge in [-0.1, -0.05) is 0 Å². The lowest BCUT2D eigenvalue weighted by Crippen LogP contribution is -2.48. The van der Waals surface area contributed by atoms with Gasteiger partial charge in [0.05, 0.1) is 17.4 Å². The topological polar surface area (TPSA) is 64.6 Å². The Hall–Kier alpha value is -2.88. The molecule has 2 aromatic heterocycles. The fourth-order valence-corrected chi connectivity index (χ4v) is 4.42. The maximum absolute atomic E-state index is 12.7. The van der Waals surface area contributed by atoms with E-state index < -0.39 is 11.7 Å². The average Bonchev–Trinajstić information content (AvgIpc) is 2.84. The number of halogens is 3. The number of rotatable bonds is 6. The van der Waals surface area contributed by atoms with E-state index in [1.165, 1.54) is 6.07 Å². The van der Waals surface area contributed by atoms with Crippen LogP contribution in [0, 0.1) is 6.92 Å². The van der Waals surface area contributed by atoms with Crippen molar-refractivity contribution >= 4 is 17.4 Å². The molecular weight excluding hydrogens is 445 g/mol. The largest absolute Gasteiger partial charge is 0.417 e. The van der Waals surface area contributed by atoms with Crippen molar-refractivity contribution in [2.45, 2.75) is 38.4 Å². The number of hydrogen-bond donors (Lipinski definition) is 1. The summed E-state index contributed by atoms with van der Waals surface area (Å²) in [5.74, 6) is 0.592. The van der Waals surface area contributed by atoms with Crippen molar-refractivity contribution < 1.29 is 18.0 Å². The molecule has 2 aliphatic heterocycles. The van der Waals surface area contributed by atoms with Crippen LogP contribution in [0.4, 0.5) is 24.7 Å². The summed E-state index contributed by atoms with van der Waals surface area (Å²) in [6.45, 7) is 7.72. The monoisotopic (exact) mass is 476 g/mol. The summed E-state index contributed by atoms with van der Waals surface area (Å²) in [4.78, 5) is 27.5. The second-order valence-electron chi connectivity index (χ2n) is 8.97. The van der Waals surface area contributed by atoms with E-state index in [9.17, 15) is 18.0 Å². The molecule has 2 aromatic rings. The maximum atomic E-state index is 12.7. The van der Waals surface area contributed by atoms with Gasteiger partial charge < -0.3 is 15.1 Å². The molecule has 34 heavy (non-hydrogen) atoms. The lowest BCUT2D eigenvalue weighted by atomic mass is 10.0. The summed E-state index contributed by atoms with van der Waals surface area (Å²) in [6, 6.07) is 6.62. The van der Waals surface area contributed by atoms with Gasteiger partial charge in [0.2, 0.25) is 5.91 Å². The third-order valence-electron chi connectivity index (χ3n) is 6.57. The van der Waals surface area contributed by atoms with Crippen LogP contribution in [0.25, 0.3) is 0 Å². The first-order chi connectivity index (χ1) is 16.3. The lowest BCUT2D eigenvalue weighted by Gasteiger charge is -2.36. The molecule has 10 heteroatoms. The summed E-state index contributed by atoms with van der Waals surface area (Å²) >= 11 is 0. The number of piperidine rings is 1. The highest BCUT2D eigenvalue weighted by Gasteiger charge is 2.31. The number of likely N-dealkylation sites (tertiary alicyclic amines) is 1. The Labute approximate surface area is 198 Å². The molecule has 4 rings (SSSR count). The Morgan fingerprint density at radius 2 is 1.74 bits per heavy atom. The molecule has 0 aromatic carbocycles. The molecule has 0 bridgehead atoms. The Kier molecular flexibility index (Phi) is 7.55. The first kappa shape index (κ1) is 24.3. The minimum absolute atomic E-state index is 0.0950. The lowest BCUT2D eigenvalue weighted by molar-refractivity contribution is -0.137. The molecular formula is C24H31F3N6O. The highest BCUT2D eigenvalue weighted by molar-refractivity contribution is 5.76. The van der Waals surface area contributed by atoms with E-state index in [0.29, 0.717) is 25.3 Å². The van der Waals surface area contributed by atoms with Gasteiger partial charge in [0, 0.05) is 70.2 Å². The van der Waals surface area contributed by atoms with E-state index in [0.717, 1.165) is 69.2 Å². The van der Waals surface area contributed by atoms with Gasteiger partial charge in [-0.25, -0.2) is 4.98 Å². The summed E-state index contributed by atoms with van der Waals surface area (Å²) in [5, 5.41) is 3.19. The predicted octanol–water partition coefficient (Wildman–Crippen LogP) is 3.42. The summed E-state index contributed by atoms with van der Waals surface area (Å²) in [5.41, 5.74) is 1.40. The van der Waals surface area contributed by atoms with Crippen molar-refractivity contribution in [3.05, 3.63) is 47.9 Å². The van der Waals surface area contributed by atoms with Crippen LogP contribution in [0.2, 0.25) is 0 Å². The van der Waals surface area contributed by atoms with Gasteiger partial charge in [0.15, 0.2) is 0 Å². The van der Waals surface area contributed by atoms with Gasteiger partial charge >= 0.3 is 6.18 Å². The summed E-state index contributed by atoms with van der Waals surface area (Å²) in [7, 11) is 0. The fraction of sp³-hybridized carbons (Fsp3) is 0.542. The molecule has 2 fully saturated rings. The molecule has 7 nitrogen and oxygen atoms in total. The number of hydrogen-bond acceptors (Lipinski definition) is 6. The number of pyridine rings is 2. The van der Waals surface area contributed by atoms with Crippen LogP contribution in [0.5, 0.6) is 0 Å². The van der Waals surface area contributed by atoms with Gasteiger partial charge in [0.25, 0.3) is 0 Å². The molecule has 0 saturated carbocycles. The van der Waals surface area contributed by atoms with Gasteiger partial charge in [-0.3, -0.25) is 14.7 Å². The van der Waals surface area contributed by atoms with Gasteiger partial charge in [-0.15, -0.1) is 0 Å². The number of nitrogens with zero attached hydrogens (tertiary/aromatic N) is 5. The standard InChI is InChI=1S/C24H31F3N6O/c1-18-2-4-21(17-28-18)32-14-12-31(13-15-32)9-8-23(34)33-10-6-20(7-11-33)30-22-5-3-19(16-29-22)24(25,26)27/h2-5,16-17,20H,6-15H2,1H3,(H,29,30). The second kappa shape index (κ2) is 10.6. The number of aryl methyl sites for hydroxylation is 1. The molecule has 1 amide bonds. The quantitative estimate of drug-likeness (QED) is 0.690. The number of piperazine rings is 1. The number of carbonyl (C=O) groups excluding carboxylic acids is 1. The number of aromatic nitrogens is 2. The average molecular weight is 477 g/mol. The Bertz CT molecular complexity index is 935. The van der Waals surface area contributed by atoms with Crippen LogP contribution in [-0.4, -0.2) is 77.5 Å². The molecule has 4 heterocycles. The molecule has 0 unspecified atom stereocenters.